The summed E-state index contributed by atoms with van der Waals surface area (Å²) in [5.74, 6) is 0.352. The molecule has 1 saturated heterocycles. The lowest BCUT2D eigenvalue weighted by Crippen LogP contribution is -2.31. The van der Waals surface area contributed by atoms with Gasteiger partial charge < -0.3 is 10.4 Å². The highest BCUT2D eigenvalue weighted by molar-refractivity contribution is 8.26. The number of amides is 1. The number of benzene rings is 1. The predicted molar refractivity (Wildman–Crippen MR) is 141 cm³/mol. The SMILES string of the molecule is Cc1cccn2c(=O)c(/C=C3\SC(=S)N(CC(C)C)C3=O)c(NC[C@@H](O)c3ccccc3)nc12. The van der Waals surface area contributed by atoms with Crippen LogP contribution < -0.4 is 10.9 Å². The van der Waals surface area contributed by atoms with Crippen molar-refractivity contribution in [1.82, 2.24) is 14.3 Å². The molecule has 1 aromatic carbocycles. The summed E-state index contributed by atoms with van der Waals surface area (Å²) < 4.78 is 1.94. The summed E-state index contributed by atoms with van der Waals surface area (Å²) in [6.07, 6.45) is 2.41. The Hall–Kier alpha value is -3.01. The highest BCUT2D eigenvalue weighted by Crippen LogP contribution is 2.33. The molecule has 9 heteroatoms. The maximum Gasteiger partial charge on any atom is 0.267 e. The number of hydrogen-bond acceptors (Lipinski definition) is 7. The minimum atomic E-state index is -0.796. The van der Waals surface area contributed by atoms with Crippen molar-refractivity contribution in [3.63, 3.8) is 0 Å². The van der Waals surface area contributed by atoms with Gasteiger partial charge in [0.1, 0.15) is 15.8 Å². The van der Waals surface area contributed by atoms with Crippen molar-refractivity contribution in [2.24, 2.45) is 5.92 Å². The van der Waals surface area contributed by atoms with Gasteiger partial charge in [0.05, 0.1) is 16.6 Å². The van der Waals surface area contributed by atoms with Gasteiger partial charge in [-0.1, -0.05) is 74.2 Å². The fourth-order valence-corrected chi connectivity index (χ4v) is 4.97. The molecule has 0 radical (unpaired) electrons. The molecule has 3 aromatic rings. The van der Waals surface area contributed by atoms with E-state index in [-0.39, 0.29) is 29.5 Å². The summed E-state index contributed by atoms with van der Waals surface area (Å²) in [6, 6.07) is 12.9. The molecule has 3 heterocycles. The number of thioether (sulfide) groups is 1. The number of thiocarbonyl (C=S) groups is 1. The van der Waals surface area contributed by atoms with E-state index < -0.39 is 6.10 Å². The van der Waals surface area contributed by atoms with E-state index >= 15 is 0 Å². The third-order valence-corrected chi connectivity index (χ3v) is 6.81. The number of aliphatic hydroxyl groups is 1. The minimum Gasteiger partial charge on any atom is -0.387 e. The molecule has 1 fully saturated rings. The molecule has 0 bridgehead atoms. The number of aromatic nitrogens is 2. The van der Waals surface area contributed by atoms with Crippen molar-refractivity contribution >= 4 is 51.7 Å². The Morgan fingerprint density at radius 2 is 1.91 bits per heavy atom. The number of nitrogens with zero attached hydrogens (tertiary/aromatic N) is 3. The second-order valence-electron chi connectivity index (χ2n) is 8.56. The van der Waals surface area contributed by atoms with Gasteiger partial charge in [-0.2, -0.15) is 0 Å². The van der Waals surface area contributed by atoms with Crippen LogP contribution in [0.15, 0.2) is 58.4 Å². The Labute approximate surface area is 207 Å². The van der Waals surface area contributed by atoms with Crippen LogP contribution in [0.2, 0.25) is 0 Å². The molecule has 0 spiro atoms. The smallest absolute Gasteiger partial charge is 0.267 e. The summed E-state index contributed by atoms with van der Waals surface area (Å²) in [5.41, 5.74) is 2.03. The van der Waals surface area contributed by atoms with Gasteiger partial charge in [-0.05, 0) is 36.1 Å². The van der Waals surface area contributed by atoms with Crippen LogP contribution in [-0.4, -0.2) is 42.7 Å². The molecular weight excluding hydrogens is 468 g/mol. The van der Waals surface area contributed by atoms with Gasteiger partial charge in [-0.15, -0.1) is 0 Å². The second-order valence-corrected chi connectivity index (χ2v) is 10.2. The van der Waals surface area contributed by atoms with Crippen molar-refractivity contribution in [1.29, 1.82) is 0 Å². The number of hydrogen-bond donors (Lipinski definition) is 2. The van der Waals surface area contributed by atoms with Gasteiger partial charge >= 0.3 is 0 Å². The summed E-state index contributed by atoms with van der Waals surface area (Å²) in [4.78, 5) is 33.1. The summed E-state index contributed by atoms with van der Waals surface area (Å²) in [7, 11) is 0. The lowest BCUT2D eigenvalue weighted by Gasteiger charge is -2.16. The molecule has 2 aromatic heterocycles. The number of aryl methyl sites for hydroxylation is 1. The first-order chi connectivity index (χ1) is 16.3. The Morgan fingerprint density at radius 1 is 1.18 bits per heavy atom. The van der Waals surface area contributed by atoms with Crippen molar-refractivity contribution in [2.45, 2.75) is 26.9 Å². The maximum atomic E-state index is 13.5. The zero-order chi connectivity index (χ0) is 24.4. The fourth-order valence-electron chi connectivity index (χ4n) is 3.72. The fraction of sp³-hybridized carbons (Fsp3) is 0.280. The molecule has 1 aliphatic rings. The summed E-state index contributed by atoms with van der Waals surface area (Å²) >= 11 is 6.59. The van der Waals surface area contributed by atoms with Crippen LogP contribution in [0.4, 0.5) is 5.82 Å². The van der Waals surface area contributed by atoms with E-state index in [0.717, 1.165) is 11.1 Å². The van der Waals surface area contributed by atoms with E-state index in [1.807, 2.05) is 57.2 Å². The van der Waals surface area contributed by atoms with E-state index in [4.69, 9.17) is 12.2 Å². The molecule has 0 saturated carbocycles. The topological polar surface area (TPSA) is 86.9 Å². The van der Waals surface area contributed by atoms with Gasteiger partial charge in [-0.25, -0.2) is 4.98 Å². The zero-order valence-corrected chi connectivity index (χ0v) is 20.8. The molecular formula is C25H26N4O3S2. The first-order valence-electron chi connectivity index (χ1n) is 11.0. The highest BCUT2D eigenvalue weighted by Gasteiger charge is 2.33. The maximum absolute atomic E-state index is 13.5. The molecule has 4 rings (SSSR count). The van der Waals surface area contributed by atoms with Crippen molar-refractivity contribution < 1.29 is 9.90 Å². The number of aliphatic hydroxyl groups excluding tert-OH is 1. The molecule has 1 aliphatic heterocycles. The van der Waals surface area contributed by atoms with Crippen molar-refractivity contribution in [3.8, 4) is 0 Å². The summed E-state index contributed by atoms with van der Waals surface area (Å²) in [6.45, 7) is 6.58. The van der Waals surface area contributed by atoms with Gasteiger partial charge in [-0.3, -0.25) is 18.9 Å². The lowest BCUT2D eigenvalue weighted by atomic mass is 10.1. The third kappa shape index (κ3) is 4.91. The van der Waals surface area contributed by atoms with Crippen LogP contribution in [0.25, 0.3) is 11.7 Å². The average molecular weight is 495 g/mol. The Kier molecular flexibility index (Phi) is 7.16. The Balaban J connectivity index is 1.75. The Morgan fingerprint density at radius 3 is 2.62 bits per heavy atom. The first kappa shape index (κ1) is 24.1. The number of carbonyl (C=O) groups is 1. The van der Waals surface area contributed by atoms with Crippen LogP contribution in [0.3, 0.4) is 0 Å². The number of nitrogens with one attached hydrogen (secondary N) is 1. The molecule has 0 aliphatic carbocycles. The van der Waals surface area contributed by atoms with Gasteiger partial charge in [0, 0.05) is 19.3 Å². The number of rotatable bonds is 7. The highest BCUT2D eigenvalue weighted by atomic mass is 32.2. The molecule has 2 N–H and O–H groups in total. The molecule has 1 atom stereocenters. The van der Waals surface area contributed by atoms with E-state index in [0.29, 0.717) is 27.2 Å². The van der Waals surface area contributed by atoms with Crippen molar-refractivity contribution in [3.05, 3.63) is 80.6 Å². The van der Waals surface area contributed by atoms with E-state index in [2.05, 4.69) is 10.3 Å². The minimum absolute atomic E-state index is 0.146. The molecule has 7 nitrogen and oxygen atoms in total. The molecule has 0 unspecified atom stereocenters. The van der Waals surface area contributed by atoms with Crippen LogP contribution in [0, 0.1) is 12.8 Å². The van der Waals surface area contributed by atoms with Gasteiger partial charge in [0.25, 0.3) is 11.5 Å². The molecule has 34 heavy (non-hydrogen) atoms. The first-order valence-corrected chi connectivity index (χ1v) is 12.2. The van der Waals surface area contributed by atoms with E-state index in [9.17, 15) is 14.7 Å². The van der Waals surface area contributed by atoms with Crippen LogP contribution in [-0.2, 0) is 4.79 Å². The third-order valence-electron chi connectivity index (χ3n) is 5.43. The van der Waals surface area contributed by atoms with Gasteiger partial charge in [0.15, 0.2) is 0 Å². The lowest BCUT2D eigenvalue weighted by molar-refractivity contribution is -0.122. The van der Waals surface area contributed by atoms with Crippen LogP contribution in [0.1, 0.15) is 36.6 Å². The zero-order valence-electron chi connectivity index (χ0n) is 19.2. The standard InChI is InChI=1S/C25H26N4O3S2/c1-15(2)14-29-24(32)20(34-25(29)33)12-18-21(26-13-19(30)17-9-5-4-6-10-17)27-22-16(3)8-7-11-28(22)23(18)31/h4-12,15,19,26,30H,13-14H2,1-3H3/b20-12-/t19-/m1/s1. The number of fused-ring (bicyclic) bond motifs is 1. The molecule has 176 valence electrons. The van der Waals surface area contributed by atoms with Gasteiger partial charge in [0.2, 0.25) is 0 Å². The predicted octanol–water partition coefficient (Wildman–Crippen LogP) is 4.01. The van der Waals surface area contributed by atoms with Crippen LogP contribution >= 0.6 is 24.0 Å². The number of anilines is 1. The quantitative estimate of drug-likeness (QED) is 0.379. The normalized spacial score (nSPS) is 16.1. The summed E-state index contributed by atoms with van der Waals surface area (Å²) in [5, 5.41) is 13.7. The molecule has 1 amide bonds. The number of carbonyl (C=O) groups excluding carboxylic acids is 1. The van der Waals surface area contributed by atoms with E-state index in [1.165, 1.54) is 16.2 Å². The van der Waals surface area contributed by atoms with Crippen molar-refractivity contribution in [2.75, 3.05) is 18.4 Å². The number of pyridine rings is 1. The van der Waals surface area contributed by atoms with Crippen LogP contribution in [0.5, 0.6) is 0 Å². The second kappa shape index (κ2) is 10.1. The largest absolute Gasteiger partial charge is 0.387 e. The van der Waals surface area contributed by atoms with E-state index in [1.54, 1.807) is 23.2 Å². The monoisotopic (exact) mass is 494 g/mol. The Bertz CT molecular complexity index is 1340. The average Bonchev–Trinajstić information content (AvgIpc) is 3.07.